The number of hydrogen-bond donors (Lipinski definition) is 2. The summed E-state index contributed by atoms with van der Waals surface area (Å²) >= 11 is 0. The first-order valence-corrected chi connectivity index (χ1v) is 8.35. The molecule has 0 unspecified atom stereocenters. The number of allylic oxidation sites excluding steroid dienone is 1. The quantitative estimate of drug-likeness (QED) is 0.470. The monoisotopic (exact) mass is 347 g/mol. The summed E-state index contributed by atoms with van der Waals surface area (Å²) in [6.07, 6.45) is 13.3. The molecule has 0 saturated carbocycles. The molecular weight excluding hydrogens is 318 g/mol. The summed E-state index contributed by atoms with van der Waals surface area (Å²) in [5.74, 6) is 5.53. The van der Waals surface area contributed by atoms with Gasteiger partial charge in [-0.2, -0.15) is 0 Å². The van der Waals surface area contributed by atoms with Gasteiger partial charge < -0.3 is 24.8 Å². The third-order valence-corrected chi connectivity index (χ3v) is 2.91. The van der Waals surface area contributed by atoms with Crippen LogP contribution in [0.15, 0.2) is 36.3 Å². The lowest BCUT2D eigenvalue weighted by atomic mass is 9.91. The summed E-state index contributed by atoms with van der Waals surface area (Å²) in [7, 11) is 0.0480. The Hall–Kier alpha value is -1.87. The van der Waals surface area contributed by atoms with E-state index < -0.39 is 7.12 Å². The van der Waals surface area contributed by atoms with Crippen molar-refractivity contribution in [2.24, 2.45) is 0 Å². The lowest BCUT2D eigenvalue weighted by Gasteiger charge is -1.92. The normalized spacial score (nSPS) is 10.2. The van der Waals surface area contributed by atoms with Crippen LogP contribution in [0.1, 0.15) is 52.4 Å². The molecule has 1 heterocycles. The molecule has 1 aliphatic heterocycles. The van der Waals surface area contributed by atoms with Crippen LogP contribution in [-0.4, -0.2) is 30.3 Å². The third-order valence-electron chi connectivity index (χ3n) is 2.91. The lowest BCUT2D eigenvalue weighted by molar-refractivity contribution is 0.424. The number of para-hydroxylation sites is 2. The highest BCUT2D eigenvalue weighted by molar-refractivity contribution is 6.47. The second kappa shape index (κ2) is 18.5. The van der Waals surface area contributed by atoms with E-state index in [4.69, 9.17) is 25.8 Å². The number of benzene rings is 1. The van der Waals surface area contributed by atoms with Crippen LogP contribution in [0.2, 0.25) is 0 Å². The van der Waals surface area contributed by atoms with Gasteiger partial charge in [-0.1, -0.05) is 57.3 Å². The SMILES string of the molecule is C#CCCCC.CCCC/C=C/B(O)O.O.[B]1Oc2ccccc2O1. The summed E-state index contributed by atoms with van der Waals surface area (Å²) in [5, 5.41) is 16.6. The molecule has 1 aromatic rings. The number of terminal acetylenes is 1. The zero-order chi connectivity index (χ0) is 18.0. The summed E-state index contributed by atoms with van der Waals surface area (Å²) in [5.41, 5.74) is 0. The second-order valence-corrected chi connectivity index (χ2v) is 5.07. The molecule has 0 saturated heterocycles. The van der Waals surface area contributed by atoms with Gasteiger partial charge in [0.25, 0.3) is 0 Å². The molecule has 7 heteroatoms. The molecule has 1 radical (unpaired) electrons. The summed E-state index contributed by atoms with van der Waals surface area (Å²) in [6, 6.07) is 7.53. The average molecular weight is 347 g/mol. The van der Waals surface area contributed by atoms with E-state index in [1.165, 1.54) is 26.5 Å². The van der Waals surface area contributed by atoms with E-state index in [-0.39, 0.29) is 5.48 Å². The van der Waals surface area contributed by atoms with Crippen molar-refractivity contribution >= 4 is 14.8 Å². The molecule has 0 aromatic heterocycles. The van der Waals surface area contributed by atoms with Crippen LogP contribution in [-0.2, 0) is 0 Å². The Labute approximate surface area is 152 Å². The Bertz CT molecular complexity index is 464. The van der Waals surface area contributed by atoms with E-state index in [9.17, 15) is 0 Å². The molecular formula is C18H29B2O5. The van der Waals surface area contributed by atoms with Gasteiger partial charge in [-0.15, -0.1) is 12.3 Å². The molecule has 0 spiro atoms. The Kier molecular flexibility index (Phi) is 18.7. The predicted octanol–water partition coefficient (Wildman–Crippen LogP) is 2.72. The van der Waals surface area contributed by atoms with Gasteiger partial charge in [-0.3, -0.25) is 0 Å². The van der Waals surface area contributed by atoms with Crippen LogP contribution in [0.25, 0.3) is 0 Å². The van der Waals surface area contributed by atoms with Gasteiger partial charge in [-0.05, 0) is 25.0 Å². The molecule has 0 fully saturated rings. The first-order valence-electron chi connectivity index (χ1n) is 8.35. The minimum atomic E-state index is -1.28. The topological polar surface area (TPSA) is 90.4 Å². The third kappa shape index (κ3) is 15.4. The Morgan fingerprint density at radius 2 is 1.68 bits per heavy atom. The Morgan fingerprint density at radius 1 is 1.12 bits per heavy atom. The molecule has 1 aliphatic rings. The van der Waals surface area contributed by atoms with E-state index in [2.05, 4.69) is 19.8 Å². The van der Waals surface area contributed by atoms with Crippen LogP contribution in [0.3, 0.4) is 0 Å². The number of unbranched alkanes of at least 4 members (excludes halogenated alkanes) is 4. The Morgan fingerprint density at radius 3 is 2.08 bits per heavy atom. The van der Waals surface area contributed by atoms with Gasteiger partial charge in [0.2, 0.25) is 0 Å². The Balaban J connectivity index is 0. The van der Waals surface area contributed by atoms with Crippen LogP contribution >= 0.6 is 0 Å². The van der Waals surface area contributed by atoms with E-state index >= 15 is 0 Å². The van der Waals surface area contributed by atoms with Gasteiger partial charge in [0, 0.05) is 6.42 Å². The van der Waals surface area contributed by atoms with Crippen molar-refractivity contribution in [3.63, 3.8) is 0 Å². The van der Waals surface area contributed by atoms with E-state index in [1.807, 2.05) is 24.3 Å². The van der Waals surface area contributed by atoms with E-state index in [0.717, 1.165) is 37.2 Å². The van der Waals surface area contributed by atoms with Gasteiger partial charge in [0.05, 0.1) is 0 Å². The molecule has 2 rings (SSSR count). The maximum Gasteiger partial charge on any atom is 0.658 e. The van der Waals surface area contributed by atoms with Crippen molar-refractivity contribution in [3.05, 3.63) is 36.3 Å². The number of hydrogen-bond acceptors (Lipinski definition) is 4. The highest BCUT2D eigenvalue weighted by atomic mass is 16.6. The van der Waals surface area contributed by atoms with Crippen LogP contribution in [0.5, 0.6) is 11.5 Å². The maximum absolute atomic E-state index is 8.32. The predicted molar refractivity (Wildman–Crippen MR) is 104 cm³/mol. The molecule has 1 aromatic carbocycles. The fourth-order valence-corrected chi connectivity index (χ4v) is 1.59. The highest BCUT2D eigenvalue weighted by Gasteiger charge is 2.14. The van der Waals surface area contributed by atoms with Gasteiger partial charge in [-0.25, -0.2) is 0 Å². The number of fused-ring (bicyclic) bond motifs is 1. The van der Waals surface area contributed by atoms with Crippen molar-refractivity contribution in [1.29, 1.82) is 0 Å². The van der Waals surface area contributed by atoms with Crippen LogP contribution < -0.4 is 9.31 Å². The minimum Gasteiger partial charge on any atom is -0.524 e. The van der Waals surface area contributed by atoms with Gasteiger partial charge in [0.1, 0.15) is 11.5 Å². The lowest BCUT2D eigenvalue weighted by Crippen LogP contribution is -2.05. The fraction of sp³-hybridized carbons (Fsp3) is 0.444. The molecule has 0 amide bonds. The van der Waals surface area contributed by atoms with Crippen molar-refractivity contribution in [1.82, 2.24) is 0 Å². The van der Waals surface area contributed by atoms with Crippen molar-refractivity contribution in [2.75, 3.05) is 0 Å². The summed E-state index contributed by atoms with van der Waals surface area (Å²) < 4.78 is 9.90. The molecule has 5 nitrogen and oxygen atoms in total. The molecule has 0 atom stereocenters. The molecule has 4 N–H and O–H groups in total. The zero-order valence-corrected chi connectivity index (χ0v) is 15.1. The van der Waals surface area contributed by atoms with Crippen molar-refractivity contribution < 1.29 is 24.8 Å². The average Bonchev–Trinajstić information content (AvgIpc) is 3.06. The first-order chi connectivity index (χ1) is 11.7. The van der Waals surface area contributed by atoms with Crippen LogP contribution in [0, 0.1) is 12.3 Å². The smallest absolute Gasteiger partial charge is 0.524 e. The van der Waals surface area contributed by atoms with Gasteiger partial charge >= 0.3 is 14.8 Å². The van der Waals surface area contributed by atoms with Crippen molar-refractivity contribution in [2.45, 2.75) is 52.4 Å². The maximum atomic E-state index is 8.32. The second-order valence-electron chi connectivity index (χ2n) is 5.07. The molecule has 137 valence electrons. The zero-order valence-electron chi connectivity index (χ0n) is 15.1. The highest BCUT2D eigenvalue weighted by Crippen LogP contribution is 2.29. The summed E-state index contributed by atoms with van der Waals surface area (Å²) in [4.78, 5) is 0. The van der Waals surface area contributed by atoms with E-state index in [1.54, 1.807) is 6.08 Å². The fourth-order valence-electron chi connectivity index (χ4n) is 1.59. The molecule has 25 heavy (non-hydrogen) atoms. The summed E-state index contributed by atoms with van der Waals surface area (Å²) in [6.45, 7) is 4.24. The standard InChI is InChI=1S/C6H4BO2.C6H13BO2.C6H10.H2O/c1-2-4-6-5(3-1)8-7-9-6;1-2-3-4-5-6-7(8)9;1-3-5-6-4-2;/h1-4H;5-6,8-9H,2-4H2,1H3;1H,4-6H2,2H3;1H2/b;6-5+;;. The minimum absolute atomic E-state index is 0. The number of rotatable bonds is 6. The van der Waals surface area contributed by atoms with Crippen LogP contribution in [0.4, 0.5) is 0 Å². The largest absolute Gasteiger partial charge is 0.658 e. The van der Waals surface area contributed by atoms with E-state index in [0.29, 0.717) is 0 Å². The first kappa shape index (κ1) is 25.4. The van der Waals surface area contributed by atoms with Crippen molar-refractivity contribution in [3.8, 4) is 23.8 Å². The molecule has 0 aliphatic carbocycles. The van der Waals surface area contributed by atoms with Gasteiger partial charge in [0.15, 0.2) is 0 Å². The molecule has 0 bridgehead atoms.